The molecule has 2 rings (SSSR count). The van der Waals surface area contributed by atoms with E-state index in [2.05, 4.69) is 10.0 Å². The summed E-state index contributed by atoms with van der Waals surface area (Å²) in [7, 11) is -3.86. The van der Waals surface area contributed by atoms with E-state index in [1.165, 1.54) is 12.1 Å². The molecule has 1 aliphatic rings. The Morgan fingerprint density at radius 2 is 2.30 bits per heavy atom. The minimum atomic E-state index is -3.86. The van der Waals surface area contributed by atoms with Crippen molar-refractivity contribution < 1.29 is 12.8 Å². The lowest BCUT2D eigenvalue weighted by Gasteiger charge is -2.12. The van der Waals surface area contributed by atoms with Crippen LogP contribution in [-0.4, -0.2) is 27.5 Å². The average Bonchev–Trinajstić information content (AvgIpc) is 2.91. The van der Waals surface area contributed by atoms with E-state index in [0.29, 0.717) is 12.5 Å². The van der Waals surface area contributed by atoms with Gasteiger partial charge in [0.1, 0.15) is 22.3 Å². The smallest absolute Gasteiger partial charge is 0.241 e. The standard InChI is InChI=1S/C13H16FN3O2S/c14-12-4-1-5-13(11(12)9-15)20(18,19)17-8-6-10-3-2-7-16-10/h1,4-5,10,16-17H,2-3,6-8H2/t10-/m0/s1. The maximum atomic E-state index is 13.4. The van der Waals surface area contributed by atoms with Gasteiger partial charge in [-0.05, 0) is 37.9 Å². The Morgan fingerprint density at radius 3 is 2.95 bits per heavy atom. The molecule has 7 heteroatoms. The van der Waals surface area contributed by atoms with Gasteiger partial charge >= 0.3 is 0 Å². The maximum Gasteiger partial charge on any atom is 0.241 e. The molecule has 20 heavy (non-hydrogen) atoms. The fourth-order valence-electron chi connectivity index (χ4n) is 2.29. The maximum absolute atomic E-state index is 13.4. The van der Waals surface area contributed by atoms with E-state index < -0.39 is 21.4 Å². The van der Waals surface area contributed by atoms with Crippen LogP contribution in [0.4, 0.5) is 4.39 Å². The molecule has 1 heterocycles. The van der Waals surface area contributed by atoms with Gasteiger partial charge in [0.05, 0.1) is 0 Å². The highest BCUT2D eigenvalue weighted by Crippen LogP contribution is 2.18. The van der Waals surface area contributed by atoms with Crippen LogP contribution in [0.25, 0.3) is 0 Å². The van der Waals surface area contributed by atoms with Crippen LogP contribution >= 0.6 is 0 Å². The lowest BCUT2D eigenvalue weighted by molar-refractivity contribution is 0.538. The van der Waals surface area contributed by atoms with E-state index in [4.69, 9.17) is 5.26 Å². The molecule has 0 radical (unpaired) electrons. The SMILES string of the molecule is N#Cc1c(F)cccc1S(=O)(=O)NCC[C@@H]1CCCN1. The second-order valence-electron chi connectivity index (χ2n) is 4.70. The van der Waals surface area contributed by atoms with Crippen molar-refractivity contribution in [3.05, 3.63) is 29.6 Å². The first-order chi connectivity index (χ1) is 9.54. The molecule has 0 unspecified atom stereocenters. The second kappa shape index (κ2) is 6.31. The van der Waals surface area contributed by atoms with Crippen LogP contribution in [-0.2, 0) is 10.0 Å². The molecule has 1 aromatic rings. The Morgan fingerprint density at radius 1 is 1.50 bits per heavy atom. The van der Waals surface area contributed by atoms with Crippen molar-refractivity contribution in [1.29, 1.82) is 5.26 Å². The summed E-state index contributed by atoms with van der Waals surface area (Å²) in [6, 6.07) is 5.50. The first kappa shape index (κ1) is 14.9. The van der Waals surface area contributed by atoms with E-state index in [1.54, 1.807) is 6.07 Å². The van der Waals surface area contributed by atoms with Gasteiger partial charge in [0.2, 0.25) is 10.0 Å². The van der Waals surface area contributed by atoms with Crippen LogP contribution < -0.4 is 10.0 Å². The monoisotopic (exact) mass is 297 g/mol. The zero-order chi connectivity index (χ0) is 14.6. The quantitative estimate of drug-likeness (QED) is 0.853. The molecule has 0 bridgehead atoms. The van der Waals surface area contributed by atoms with E-state index in [0.717, 1.165) is 25.5 Å². The number of benzene rings is 1. The summed E-state index contributed by atoms with van der Waals surface area (Å²) < 4.78 is 40.0. The van der Waals surface area contributed by atoms with Gasteiger partial charge in [-0.1, -0.05) is 6.07 Å². The summed E-state index contributed by atoms with van der Waals surface area (Å²) in [6.07, 6.45) is 2.81. The van der Waals surface area contributed by atoms with Crippen LogP contribution in [0.1, 0.15) is 24.8 Å². The normalized spacial score (nSPS) is 18.9. The molecule has 2 N–H and O–H groups in total. The van der Waals surface area contributed by atoms with Gasteiger partial charge in [-0.15, -0.1) is 0 Å². The summed E-state index contributed by atoms with van der Waals surface area (Å²) in [5.74, 6) is -0.826. The number of halogens is 1. The molecule has 0 amide bonds. The Balaban J connectivity index is 2.06. The number of rotatable bonds is 5. The average molecular weight is 297 g/mol. The van der Waals surface area contributed by atoms with Gasteiger partial charge in [0.25, 0.3) is 0 Å². The molecule has 1 saturated heterocycles. The van der Waals surface area contributed by atoms with Crippen molar-refractivity contribution in [1.82, 2.24) is 10.0 Å². The van der Waals surface area contributed by atoms with Crippen molar-refractivity contribution in [2.75, 3.05) is 13.1 Å². The van der Waals surface area contributed by atoms with Crippen LogP contribution in [0.15, 0.2) is 23.1 Å². The Hall–Kier alpha value is -1.49. The van der Waals surface area contributed by atoms with Crippen molar-refractivity contribution in [2.24, 2.45) is 0 Å². The van der Waals surface area contributed by atoms with Crippen LogP contribution in [0.5, 0.6) is 0 Å². The molecule has 1 atom stereocenters. The summed E-state index contributed by atoms with van der Waals surface area (Å²) in [5.41, 5.74) is -0.445. The molecular weight excluding hydrogens is 281 g/mol. The highest BCUT2D eigenvalue weighted by molar-refractivity contribution is 7.89. The van der Waals surface area contributed by atoms with Gasteiger partial charge in [-0.2, -0.15) is 5.26 Å². The van der Waals surface area contributed by atoms with E-state index in [1.807, 2.05) is 0 Å². The number of hydrogen-bond donors (Lipinski definition) is 2. The zero-order valence-electron chi connectivity index (χ0n) is 10.9. The predicted molar refractivity (Wildman–Crippen MR) is 71.9 cm³/mol. The number of sulfonamides is 1. The Kier molecular flexibility index (Phi) is 4.70. The molecule has 0 saturated carbocycles. The van der Waals surface area contributed by atoms with E-state index in [9.17, 15) is 12.8 Å². The molecule has 0 aliphatic carbocycles. The molecule has 0 aromatic heterocycles. The molecule has 108 valence electrons. The first-order valence-electron chi connectivity index (χ1n) is 6.46. The molecule has 1 aliphatic heterocycles. The minimum absolute atomic E-state index is 0.265. The third-order valence-electron chi connectivity index (χ3n) is 3.32. The summed E-state index contributed by atoms with van der Waals surface area (Å²) >= 11 is 0. The van der Waals surface area contributed by atoms with Crippen molar-refractivity contribution in [2.45, 2.75) is 30.2 Å². The van der Waals surface area contributed by atoms with Crippen molar-refractivity contribution in [3.8, 4) is 6.07 Å². The third-order valence-corrected chi connectivity index (χ3v) is 4.83. The fourth-order valence-corrected chi connectivity index (χ4v) is 3.50. The van der Waals surface area contributed by atoms with Gasteiger partial charge < -0.3 is 5.32 Å². The highest BCUT2D eigenvalue weighted by Gasteiger charge is 2.21. The largest absolute Gasteiger partial charge is 0.314 e. The second-order valence-corrected chi connectivity index (χ2v) is 6.44. The Bertz CT molecular complexity index is 619. The van der Waals surface area contributed by atoms with E-state index in [-0.39, 0.29) is 11.4 Å². The van der Waals surface area contributed by atoms with Gasteiger partial charge in [0, 0.05) is 12.6 Å². The van der Waals surface area contributed by atoms with Crippen LogP contribution in [0.3, 0.4) is 0 Å². The van der Waals surface area contributed by atoms with Crippen molar-refractivity contribution >= 4 is 10.0 Å². The topological polar surface area (TPSA) is 82.0 Å². The molecule has 1 fully saturated rings. The Labute approximate surface area is 117 Å². The lowest BCUT2D eigenvalue weighted by atomic mass is 10.2. The summed E-state index contributed by atoms with van der Waals surface area (Å²) in [5, 5.41) is 12.1. The van der Waals surface area contributed by atoms with Crippen LogP contribution in [0, 0.1) is 17.1 Å². The molecule has 1 aromatic carbocycles. The third kappa shape index (κ3) is 3.33. The van der Waals surface area contributed by atoms with Crippen molar-refractivity contribution in [3.63, 3.8) is 0 Å². The predicted octanol–water partition coefficient (Wildman–Crippen LogP) is 1.12. The van der Waals surface area contributed by atoms with Gasteiger partial charge in [-0.25, -0.2) is 17.5 Å². The summed E-state index contributed by atoms with van der Waals surface area (Å²) in [6.45, 7) is 1.22. The van der Waals surface area contributed by atoms with Gasteiger partial charge in [0.15, 0.2) is 0 Å². The number of nitrogens with one attached hydrogen (secondary N) is 2. The lowest BCUT2D eigenvalue weighted by Crippen LogP contribution is -2.31. The summed E-state index contributed by atoms with van der Waals surface area (Å²) in [4.78, 5) is -0.306. The van der Waals surface area contributed by atoms with E-state index >= 15 is 0 Å². The van der Waals surface area contributed by atoms with Crippen LogP contribution in [0.2, 0.25) is 0 Å². The minimum Gasteiger partial charge on any atom is -0.314 e. The fraction of sp³-hybridized carbons (Fsp3) is 0.462. The highest BCUT2D eigenvalue weighted by atomic mass is 32.2. The molecule has 5 nitrogen and oxygen atoms in total. The number of hydrogen-bond acceptors (Lipinski definition) is 4. The molecule has 0 spiro atoms. The first-order valence-corrected chi connectivity index (χ1v) is 7.94. The number of nitrogens with zero attached hydrogens (tertiary/aromatic N) is 1. The zero-order valence-corrected chi connectivity index (χ0v) is 11.7. The van der Waals surface area contributed by atoms with Gasteiger partial charge in [-0.3, -0.25) is 0 Å². The molecular formula is C13H16FN3O2S. The number of nitriles is 1.